The van der Waals surface area contributed by atoms with Gasteiger partial charge in [-0.3, -0.25) is 38.6 Å². The lowest BCUT2D eigenvalue weighted by atomic mass is 9.86. The van der Waals surface area contributed by atoms with Crippen molar-refractivity contribution in [2.45, 2.75) is 70.6 Å². The van der Waals surface area contributed by atoms with Crippen LogP contribution in [0, 0.1) is 0 Å². The largest absolute Gasteiger partial charge is 0.497 e. The van der Waals surface area contributed by atoms with Gasteiger partial charge in [0.25, 0.3) is 46.9 Å². The number of carbonyl (C=O) groups excluding carboxylic acids is 6. The van der Waals surface area contributed by atoms with Crippen LogP contribution in [0.4, 0.5) is 22.7 Å². The van der Waals surface area contributed by atoms with Crippen LogP contribution in [0.2, 0.25) is 0 Å². The summed E-state index contributed by atoms with van der Waals surface area (Å²) >= 11 is 0. The summed E-state index contributed by atoms with van der Waals surface area (Å²) in [4.78, 5) is 79.6. The predicted molar refractivity (Wildman–Crippen MR) is 278 cm³/mol. The topological polar surface area (TPSA) is 656 Å². The van der Waals surface area contributed by atoms with Crippen molar-refractivity contribution < 1.29 is 150 Å². The van der Waals surface area contributed by atoms with E-state index < -0.39 is 174 Å². The van der Waals surface area contributed by atoms with Crippen molar-refractivity contribution in [3.8, 4) is 22.9 Å². The fourth-order valence-electron chi connectivity index (χ4n) is 10.4. The summed E-state index contributed by atoms with van der Waals surface area (Å²) in [5.74, 6) is -57.8. The maximum Gasteiger partial charge on any atom is 0.316 e. The zero-order chi connectivity index (χ0) is 66.8. The van der Waals surface area contributed by atoms with Gasteiger partial charge < -0.3 is 133 Å². The van der Waals surface area contributed by atoms with E-state index in [1.54, 1.807) is 0 Å². The maximum absolute atomic E-state index is 14.4. The number of ether oxygens (including phenoxy) is 3. The number of carbonyl (C=O) groups is 6. The highest BCUT2D eigenvalue weighted by molar-refractivity contribution is 6.12. The number of anilines is 4. The number of amides is 6. The molecule has 40 heteroatoms. The lowest BCUT2D eigenvalue weighted by Gasteiger charge is -2.55. The second kappa shape index (κ2) is 19.9. The first-order valence-electron chi connectivity index (χ1n) is 25.0. The number of piperidine rings is 2. The predicted octanol–water partition coefficient (Wildman–Crippen LogP) is -11.0. The van der Waals surface area contributed by atoms with Crippen molar-refractivity contribution in [3.05, 3.63) is 131 Å². The standard InChI is InChI=1S/C50H48N10O30/c1-88-26-14-10-24(11-15-26)59-33-29(31(53-59)35(51)62)41(69,70)47(80,81)56(37(33)64)21-4-2-20(3-5-21)55-28(61)18-40(67,68)46(79,50(55,86)87)90-19-89-27-16-12-25(13-17-27)60-34-30(32(54-60)36(52)63)42(71,72)48(82,83)57(38(34)65)22-6-8-23(9-7-22)58-39(66)43(73,74)44(75,76)45(77,78)49(58,84)85/h2-17,67-87H,18-19H2,1H3,(H2,51,62)(H2,52,63). The molecule has 10 rings (SSSR count). The third-order valence-corrected chi connectivity index (χ3v) is 15.1. The molecule has 90 heavy (non-hydrogen) atoms. The monoisotopic (exact) mass is 1270 g/mol. The van der Waals surface area contributed by atoms with Crippen LogP contribution in [0.25, 0.3) is 11.4 Å². The molecule has 0 radical (unpaired) electrons. The summed E-state index contributed by atoms with van der Waals surface area (Å²) in [5.41, 5.74) is 0.702. The second-order valence-corrected chi connectivity index (χ2v) is 20.5. The fourth-order valence-corrected chi connectivity index (χ4v) is 10.4. The van der Waals surface area contributed by atoms with Crippen LogP contribution in [-0.4, -0.2) is 229 Å². The van der Waals surface area contributed by atoms with Crippen LogP contribution >= 0.6 is 0 Å². The first-order valence-corrected chi connectivity index (χ1v) is 25.0. The molecule has 4 aliphatic heterocycles. The molecule has 6 amide bonds. The zero-order valence-electron chi connectivity index (χ0n) is 44.9. The van der Waals surface area contributed by atoms with Crippen LogP contribution < -0.4 is 40.5 Å². The van der Waals surface area contributed by atoms with Gasteiger partial charge in [0.2, 0.25) is 11.7 Å². The third-order valence-electron chi connectivity index (χ3n) is 15.1. The lowest BCUT2D eigenvalue weighted by molar-refractivity contribution is -0.505. The van der Waals surface area contributed by atoms with Crippen LogP contribution in [-0.2, 0) is 25.9 Å². The van der Waals surface area contributed by atoms with E-state index in [9.17, 15) is 136 Å². The van der Waals surface area contributed by atoms with Gasteiger partial charge in [-0.15, -0.1) is 0 Å². The highest BCUT2D eigenvalue weighted by Gasteiger charge is 2.81. The van der Waals surface area contributed by atoms with Crippen molar-refractivity contribution in [2.24, 2.45) is 11.5 Å². The Labute approximate surface area is 496 Å². The first kappa shape index (κ1) is 63.8. The van der Waals surface area contributed by atoms with E-state index in [-0.39, 0.29) is 31.8 Å². The molecule has 2 fully saturated rings. The molecule has 4 aliphatic rings. The smallest absolute Gasteiger partial charge is 0.316 e. The van der Waals surface area contributed by atoms with Crippen LogP contribution in [0.15, 0.2) is 97.1 Å². The molecule has 6 heterocycles. The van der Waals surface area contributed by atoms with Crippen LogP contribution in [0.5, 0.6) is 11.5 Å². The van der Waals surface area contributed by atoms with Gasteiger partial charge in [0.15, 0.2) is 18.2 Å². The second-order valence-electron chi connectivity index (χ2n) is 20.5. The van der Waals surface area contributed by atoms with Crippen LogP contribution in [0.3, 0.4) is 0 Å². The minimum atomic E-state index is -4.80. The summed E-state index contributed by atoms with van der Waals surface area (Å²) in [6.45, 7) is -1.41. The Morgan fingerprint density at radius 3 is 1.19 bits per heavy atom. The quantitative estimate of drug-likeness (QED) is 0.0478. The average Bonchev–Trinajstić information content (AvgIpc) is 1.02. The number of rotatable bonds is 13. The number of hydrogen-bond acceptors (Lipinski definition) is 32. The average molecular weight is 1270 g/mol. The molecule has 2 aromatic heterocycles. The Balaban J connectivity index is 0.901. The minimum Gasteiger partial charge on any atom is -0.497 e. The normalized spacial score (nSPS) is 22.8. The van der Waals surface area contributed by atoms with Crippen LogP contribution in [0.1, 0.15) is 59.5 Å². The number of methoxy groups -OCH3 is 1. The summed E-state index contributed by atoms with van der Waals surface area (Å²) in [7, 11) is 1.34. The molecule has 2 saturated heterocycles. The molecule has 40 nitrogen and oxygen atoms in total. The minimum absolute atomic E-state index is 0.00848. The van der Waals surface area contributed by atoms with E-state index in [1.165, 1.54) is 31.4 Å². The molecule has 0 spiro atoms. The van der Waals surface area contributed by atoms with Crippen molar-refractivity contribution >= 4 is 58.2 Å². The SMILES string of the molecule is COc1ccc(-n2nc(C(N)=O)c3c2C(=O)N(c2ccc(N4C(=O)CC(O)(O)C(O)(OCOc5ccc(-n6nc(C(N)=O)c7c6C(=O)N(c6ccc(N8C(=O)C(O)(O)C(O)(O)C(O)(O)C8(O)O)cc6)C(O)(O)C7(O)O)cc5)C4(O)O)cc2)C(O)(O)C3(O)O)cc1. The third kappa shape index (κ3) is 8.44. The summed E-state index contributed by atoms with van der Waals surface area (Å²) in [6.07, 6.45) is -1.60. The van der Waals surface area contributed by atoms with Gasteiger partial charge in [-0.2, -0.15) is 10.2 Å². The first-order chi connectivity index (χ1) is 41.4. The van der Waals surface area contributed by atoms with Crippen molar-refractivity contribution in [3.63, 3.8) is 0 Å². The molecular formula is C50H48N10O30. The van der Waals surface area contributed by atoms with Gasteiger partial charge in [0, 0.05) is 22.7 Å². The van der Waals surface area contributed by atoms with Gasteiger partial charge in [-0.25, -0.2) is 19.2 Å². The summed E-state index contributed by atoms with van der Waals surface area (Å²) in [6, 6.07) is 14.4. The maximum atomic E-state index is 14.4. The Hall–Kier alpha value is -9.16. The number of nitrogens with zero attached hydrogens (tertiary/aromatic N) is 8. The highest BCUT2D eigenvalue weighted by atomic mass is 16.8. The number of primary amides is 2. The molecule has 6 aromatic rings. The molecule has 1 unspecified atom stereocenters. The van der Waals surface area contributed by atoms with Crippen molar-refractivity contribution in [2.75, 3.05) is 33.5 Å². The van der Waals surface area contributed by atoms with Gasteiger partial charge >= 0.3 is 41.0 Å². The van der Waals surface area contributed by atoms with E-state index >= 15 is 0 Å². The number of aliphatic hydroxyl groups is 21. The summed E-state index contributed by atoms with van der Waals surface area (Å²) < 4.78 is 16.8. The lowest BCUT2D eigenvalue weighted by Crippen LogP contribution is -2.88. The number of hydrogen-bond donors (Lipinski definition) is 23. The number of aromatic nitrogens is 4. The Morgan fingerprint density at radius 1 is 0.456 bits per heavy atom. The number of nitrogens with two attached hydrogens (primary N) is 2. The molecule has 1 atom stereocenters. The van der Waals surface area contributed by atoms with Crippen molar-refractivity contribution in [1.82, 2.24) is 19.6 Å². The van der Waals surface area contributed by atoms with E-state index in [1.807, 2.05) is 0 Å². The molecule has 4 aromatic carbocycles. The zero-order valence-corrected chi connectivity index (χ0v) is 44.9. The van der Waals surface area contributed by atoms with E-state index in [4.69, 9.17) is 25.7 Å². The molecule has 0 aliphatic carbocycles. The van der Waals surface area contributed by atoms with Gasteiger partial charge in [0.1, 0.15) is 22.9 Å². The summed E-state index contributed by atoms with van der Waals surface area (Å²) in [5, 5.41) is 237. The van der Waals surface area contributed by atoms with E-state index in [2.05, 4.69) is 10.2 Å². The molecule has 0 bridgehead atoms. The molecule has 25 N–H and O–H groups in total. The van der Waals surface area contributed by atoms with E-state index in [0.717, 1.165) is 53.2 Å². The fraction of sp³-hybridized carbons (Fsp3) is 0.280. The van der Waals surface area contributed by atoms with Gasteiger partial charge in [-0.1, -0.05) is 0 Å². The van der Waals surface area contributed by atoms with Gasteiger partial charge in [0.05, 0.1) is 36.0 Å². The Bertz CT molecular complexity index is 3990. The Morgan fingerprint density at radius 2 is 0.811 bits per heavy atom. The molecular weight excluding hydrogens is 1220 g/mol. The molecule has 478 valence electrons. The van der Waals surface area contributed by atoms with Crippen molar-refractivity contribution in [1.29, 1.82) is 0 Å². The number of fused-ring (bicyclic) bond motifs is 2. The Kier molecular flexibility index (Phi) is 14.1. The molecule has 0 saturated carbocycles. The number of benzene rings is 4. The highest BCUT2D eigenvalue weighted by Crippen LogP contribution is 2.50. The van der Waals surface area contributed by atoms with E-state index in [0.29, 0.717) is 34.7 Å². The van der Waals surface area contributed by atoms with Gasteiger partial charge in [-0.05, 0) is 97.1 Å².